The van der Waals surface area contributed by atoms with Crippen molar-refractivity contribution in [3.05, 3.63) is 35.4 Å². The highest BCUT2D eigenvalue weighted by molar-refractivity contribution is 5.97. The summed E-state index contributed by atoms with van der Waals surface area (Å²) in [5, 5.41) is 5.54. The molecular formula is C20H28N2O4. The van der Waals surface area contributed by atoms with Gasteiger partial charge in [-0.15, -0.1) is 0 Å². The summed E-state index contributed by atoms with van der Waals surface area (Å²) < 4.78 is 5.21. The topological polar surface area (TPSA) is 84.5 Å². The number of ether oxygens (including phenoxy) is 1. The van der Waals surface area contributed by atoms with Crippen molar-refractivity contribution < 1.29 is 19.1 Å². The van der Waals surface area contributed by atoms with E-state index in [1.54, 1.807) is 32.0 Å². The Morgan fingerprint density at radius 3 is 2.46 bits per heavy atom. The quantitative estimate of drug-likeness (QED) is 0.764. The number of carbonyl (C=O) groups is 3. The van der Waals surface area contributed by atoms with Crippen LogP contribution in [0.2, 0.25) is 0 Å². The summed E-state index contributed by atoms with van der Waals surface area (Å²) in [5.41, 5.74) is 1.44. The van der Waals surface area contributed by atoms with E-state index in [0.717, 1.165) is 31.2 Å². The Bertz CT molecular complexity index is 653. The predicted molar refractivity (Wildman–Crippen MR) is 98.7 cm³/mol. The van der Waals surface area contributed by atoms with Crippen molar-refractivity contribution in [3.63, 3.8) is 0 Å². The summed E-state index contributed by atoms with van der Waals surface area (Å²) in [7, 11) is 0. The molecule has 1 saturated carbocycles. The van der Waals surface area contributed by atoms with E-state index in [9.17, 15) is 14.4 Å². The van der Waals surface area contributed by atoms with E-state index in [2.05, 4.69) is 10.6 Å². The van der Waals surface area contributed by atoms with Gasteiger partial charge in [-0.25, -0.2) is 4.79 Å². The third-order valence-electron chi connectivity index (χ3n) is 4.60. The van der Waals surface area contributed by atoms with E-state index in [0.29, 0.717) is 5.56 Å². The molecule has 26 heavy (non-hydrogen) atoms. The van der Waals surface area contributed by atoms with Crippen LogP contribution in [0.4, 0.5) is 0 Å². The van der Waals surface area contributed by atoms with Crippen LogP contribution in [0.5, 0.6) is 0 Å². The van der Waals surface area contributed by atoms with Crippen LogP contribution in [-0.2, 0) is 14.3 Å². The van der Waals surface area contributed by atoms with E-state index in [-0.39, 0.29) is 17.9 Å². The van der Waals surface area contributed by atoms with Crippen molar-refractivity contribution in [3.8, 4) is 0 Å². The average Bonchev–Trinajstić information content (AvgIpc) is 2.62. The number of nitrogens with one attached hydrogen (secondary N) is 2. The zero-order valence-electron chi connectivity index (χ0n) is 15.7. The second-order valence-electron chi connectivity index (χ2n) is 6.99. The Kier molecular flexibility index (Phi) is 7.18. The lowest BCUT2D eigenvalue weighted by Gasteiger charge is -2.24. The normalized spacial score (nSPS) is 17.0. The number of carbonyl (C=O) groups excluding carboxylic acids is 3. The molecule has 1 aromatic carbocycles. The number of esters is 1. The largest absolute Gasteiger partial charge is 0.451 e. The van der Waals surface area contributed by atoms with Gasteiger partial charge in [-0.05, 0) is 45.7 Å². The number of benzene rings is 1. The van der Waals surface area contributed by atoms with Crippen LogP contribution in [-0.4, -0.2) is 36.0 Å². The molecule has 0 aliphatic heterocycles. The maximum absolute atomic E-state index is 12.2. The van der Waals surface area contributed by atoms with E-state index < -0.39 is 18.1 Å². The average molecular weight is 360 g/mol. The fourth-order valence-electron chi connectivity index (χ4n) is 3.02. The summed E-state index contributed by atoms with van der Waals surface area (Å²) in [4.78, 5) is 36.5. The van der Waals surface area contributed by atoms with Gasteiger partial charge in [0.2, 0.25) is 0 Å². The second-order valence-corrected chi connectivity index (χ2v) is 6.99. The summed E-state index contributed by atoms with van der Waals surface area (Å²) in [6, 6.07) is 6.42. The van der Waals surface area contributed by atoms with Crippen LogP contribution in [0.3, 0.4) is 0 Å². The molecule has 0 saturated heterocycles. The molecule has 1 aliphatic carbocycles. The monoisotopic (exact) mass is 360 g/mol. The first-order valence-corrected chi connectivity index (χ1v) is 9.25. The van der Waals surface area contributed by atoms with E-state index in [1.807, 2.05) is 13.0 Å². The lowest BCUT2D eigenvalue weighted by atomic mass is 9.95. The van der Waals surface area contributed by atoms with Crippen LogP contribution in [0.15, 0.2) is 24.3 Å². The highest BCUT2D eigenvalue weighted by Gasteiger charge is 2.25. The molecule has 0 heterocycles. The fourth-order valence-corrected chi connectivity index (χ4v) is 3.02. The molecule has 0 aromatic heterocycles. The molecule has 2 N–H and O–H groups in total. The van der Waals surface area contributed by atoms with Crippen LogP contribution < -0.4 is 10.6 Å². The Labute approximate surface area is 154 Å². The lowest BCUT2D eigenvalue weighted by molar-refractivity contribution is -0.156. The molecule has 1 aliphatic rings. The number of rotatable bonds is 6. The fraction of sp³-hybridized carbons (Fsp3) is 0.550. The zero-order valence-corrected chi connectivity index (χ0v) is 15.7. The van der Waals surface area contributed by atoms with Crippen LogP contribution >= 0.6 is 0 Å². The molecule has 1 fully saturated rings. The van der Waals surface area contributed by atoms with Gasteiger partial charge >= 0.3 is 5.97 Å². The number of hydrogen-bond donors (Lipinski definition) is 2. The van der Waals surface area contributed by atoms with Gasteiger partial charge in [0.15, 0.2) is 6.10 Å². The van der Waals surface area contributed by atoms with Crippen molar-refractivity contribution in [1.82, 2.24) is 10.6 Å². The van der Waals surface area contributed by atoms with Gasteiger partial charge in [-0.3, -0.25) is 9.59 Å². The Hall–Kier alpha value is -2.37. The van der Waals surface area contributed by atoms with Gasteiger partial charge < -0.3 is 15.4 Å². The first-order chi connectivity index (χ1) is 12.4. The first kappa shape index (κ1) is 19.9. The minimum Gasteiger partial charge on any atom is -0.451 e. The van der Waals surface area contributed by atoms with Gasteiger partial charge in [-0.2, -0.15) is 0 Å². The van der Waals surface area contributed by atoms with Gasteiger partial charge in [0.05, 0.1) is 0 Å². The maximum Gasteiger partial charge on any atom is 0.329 e. The van der Waals surface area contributed by atoms with Gasteiger partial charge in [0, 0.05) is 11.6 Å². The second kappa shape index (κ2) is 9.36. The predicted octanol–water partition coefficient (Wildman–Crippen LogP) is 2.49. The van der Waals surface area contributed by atoms with E-state index in [4.69, 9.17) is 4.74 Å². The van der Waals surface area contributed by atoms with Crippen LogP contribution in [0, 0.1) is 6.92 Å². The summed E-state index contributed by atoms with van der Waals surface area (Å²) in [5.74, 6) is -1.27. The Morgan fingerprint density at radius 2 is 1.81 bits per heavy atom. The molecular weight excluding hydrogens is 332 g/mol. The standard InChI is InChI=1S/C20H28N2O4/c1-13-8-7-9-16(12-13)19(24)21-14(2)20(25)26-15(3)18(23)22-17-10-5-4-6-11-17/h7-9,12,14-15,17H,4-6,10-11H2,1-3H3,(H,21,24)(H,22,23)/t14-,15+/m0/s1. The van der Waals surface area contributed by atoms with Crippen molar-refractivity contribution in [2.24, 2.45) is 0 Å². The smallest absolute Gasteiger partial charge is 0.329 e. The number of amides is 2. The highest BCUT2D eigenvalue weighted by Crippen LogP contribution is 2.17. The SMILES string of the molecule is Cc1cccc(C(=O)N[C@@H](C)C(=O)O[C@H](C)C(=O)NC2CCCCC2)c1. The number of hydrogen-bond acceptors (Lipinski definition) is 4. The molecule has 0 bridgehead atoms. The van der Waals surface area contributed by atoms with Crippen molar-refractivity contribution in [2.75, 3.05) is 0 Å². The molecule has 0 unspecified atom stereocenters. The summed E-state index contributed by atoms with van der Waals surface area (Å²) in [6.45, 7) is 4.98. The number of aryl methyl sites for hydroxylation is 1. The molecule has 2 amide bonds. The zero-order chi connectivity index (χ0) is 19.1. The first-order valence-electron chi connectivity index (χ1n) is 9.25. The van der Waals surface area contributed by atoms with E-state index in [1.165, 1.54) is 6.42 Å². The van der Waals surface area contributed by atoms with E-state index >= 15 is 0 Å². The van der Waals surface area contributed by atoms with Gasteiger partial charge in [0.1, 0.15) is 6.04 Å². The molecule has 0 radical (unpaired) electrons. The molecule has 6 heteroatoms. The van der Waals surface area contributed by atoms with Crippen molar-refractivity contribution >= 4 is 17.8 Å². The Balaban J connectivity index is 1.81. The lowest BCUT2D eigenvalue weighted by Crippen LogP contribution is -2.46. The molecule has 1 aromatic rings. The van der Waals surface area contributed by atoms with Crippen molar-refractivity contribution in [2.45, 2.75) is 71.1 Å². The maximum atomic E-state index is 12.2. The Morgan fingerprint density at radius 1 is 1.12 bits per heavy atom. The van der Waals surface area contributed by atoms with Gasteiger partial charge in [-0.1, -0.05) is 37.0 Å². The van der Waals surface area contributed by atoms with Crippen molar-refractivity contribution in [1.29, 1.82) is 0 Å². The summed E-state index contributed by atoms with van der Waals surface area (Å²) in [6.07, 6.45) is 4.48. The highest BCUT2D eigenvalue weighted by atomic mass is 16.5. The minimum absolute atomic E-state index is 0.163. The third kappa shape index (κ3) is 5.86. The molecule has 6 nitrogen and oxygen atoms in total. The summed E-state index contributed by atoms with van der Waals surface area (Å²) >= 11 is 0. The van der Waals surface area contributed by atoms with Crippen LogP contribution in [0.1, 0.15) is 61.9 Å². The third-order valence-corrected chi connectivity index (χ3v) is 4.60. The molecule has 0 spiro atoms. The van der Waals surface area contributed by atoms with Gasteiger partial charge in [0.25, 0.3) is 11.8 Å². The minimum atomic E-state index is -0.886. The molecule has 142 valence electrons. The van der Waals surface area contributed by atoms with Crippen LogP contribution in [0.25, 0.3) is 0 Å². The molecule has 2 atom stereocenters. The molecule has 2 rings (SSSR count).